The molecule has 4 rings (SSSR count). The molecule has 0 saturated heterocycles. The summed E-state index contributed by atoms with van der Waals surface area (Å²) in [6, 6.07) is 21.2. The van der Waals surface area contributed by atoms with E-state index in [0.29, 0.717) is 15.7 Å². The van der Waals surface area contributed by atoms with Gasteiger partial charge in [-0.15, -0.1) is 0 Å². The highest BCUT2D eigenvalue weighted by atomic mass is 79.9. The third-order valence-electron chi connectivity index (χ3n) is 5.19. The van der Waals surface area contributed by atoms with Crippen molar-refractivity contribution in [3.8, 4) is 11.1 Å². The first-order chi connectivity index (χ1) is 15.2. The van der Waals surface area contributed by atoms with Gasteiger partial charge in [0.2, 0.25) is 0 Å². The van der Waals surface area contributed by atoms with Crippen LogP contribution >= 0.6 is 15.9 Å². The van der Waals surface area contributed by atoms with Crippen molar-refractivity contribution in [3.05, 3.63) is 100 Å². The summed E-state index contributed by atoms with van der Waals surface area (Å²) in [6.07, 6.45) is -4.37. The Hall–Kier alpha value is -3.19. The third kappa shape index (κ3) is 4.67. The summed E-state index contributed by atoms with van der Waals surface area (Å²) in [4.78, 5) is 17.2. The van der Waals surface area contributed by atoms with Gasteiger partial charge in [-0.2, -0.15) is 13.2 Å². The largest absolute Gasteiger partial charge is 0.416 e. The lowest BCUT2D eigenvalue weighted by Gasteiger charge is -2.14. The molecule has 1 atom stereocenters. The Balaban J connectivity index is 1.61. The highest BCUT2D eigenvalue weighted by Crippen LogP contribution is 2.33. The minimum Gasteiger partial charge on any atom is -0.344 e. The Morgan fingerprint density at radius 3 is 2.38 bits per heavy atom. The zero-order valence-electron chi connectivity index (χ0n) is 17.0. The van der Waals surface area contributed by atoms with Crippen LogP contribution in [0.2, 0.25) is 0 Å². The molecule has 32 heavy (non-hydrogen) atoms. The van der Waals surface area contributed by atoms with E-state index in [1.165, 1.54) is 12.1 Å². The molecule has 1 heterocycles. The van der Waals surface area contributed by atoms with Crippen molar-refractivity contribution in [2.24, 2.45) is 0 Å². The number of alkyl halides is 3. The van der Waals surface area contributed by atoms with Crippen LogP contribution in [-0.2, 0) is 6.18 Å². The first kappa shape index (κ1) is 22.0. The first-order valence-corrected chi connectivity index (χ1v) is 10.7. The van der Waals surface area contributed by atoms with Crippen molar-refractivity contribution in [2.75, 3.05) is 0 Å². The summed E-state index contributed by atoms with van der Waals surface area (Å²) < 4.78 is 39.3. The van der Waals surface area contributed by atoms with Gasteiger partial charge in [0.1, 0.15) is 4.60 Å². The van der Waals surface area contributed by atoms with Crippen molar-refractivity contribution in [1.82, 2.24) is 10.3 Å². The molecule has 1 amide bonds. The van der Waals surface area contributed by atoms with Gasteiger partial charge in [-0.3, -0.25) is 4.79 Å². The first-order valence-electron chi connectivity index (χ1n) is 9.86. The van der Waals surface area contributed by atoms with Gasteiger partial charge in [0.25, 0.3) is 5.91 Å². The van der Waals surface area contributed by atoms with Gasteiger partial charge in [0.05, 0.1) is 17.3 Å². The lowest BCUT2D eigenvalue weighted by Crippen LogP contribution is -2.27. The topological polar surface area (TPSA) is 42.0 Å². The fourth-order valence-electron chi connectivity index (χ4n) is 3.53. The highest BCUT2D eigenvalue weighted by molar-refractivity contribution is 9.10. The minimum atomic E-state index is -4.37. The number of rotatable bonds is 4. The molecule has 3 aromatic carbocycles. The van der Waals surface area contributed by atoms with E-state index in [2.05, 4.69) is 26.2 Å². The normalized spacial score (nSPS) is 12.5. The number of hydrogen-bond acceptors (Lipinski definition) is 2. The summed E-state index contributed by atoms with van der Waals surface area (Å²) in [5.41, 5.74) is 2.02. The van der Waals surface area contributed by atoms with Crippen LogP contribution in [-0.4, -0.2) is 10.9 Å². The van der Waals surface area contributed by atoms with Crippen LogP contribution in [0.3, 0.4) is 0 Å². The number of benzene rings is 3. The van der Waals surface area contributed by atoms with Gasteiger partial charge in [-0.25, -0.2) is 4.98 Å². The van der Waals surface area contributed by atoms with Gasteiger partial charge >= 0.3 is 6.18 Å². The zero-order chi connectivity index (χ0) is 22.9. The molecule has 0 aliphatic carbocycles. The van der Waals surface area contributed by atoms with Crippen LogP contribution < -0.4 is 5.32 Å². The number of aromatic nitrogens is 1. The number of pyridine rings is 1. The standard InChI is InChI=1S/C25H18BrF3N2O/c1-15(22-6-3-7-23(26)31-22)30-24(32)18-10-13-21-17(14-18)4-2-5-20(21)16-8-11-19(12-9-16)25(27,28)29/h2-15H,1H3,(H,30,32)/t15-/m0/s1. The Labute approximate surface area is 191 Å². The van der Waals surface area contributed by atoms with E-state index in [1.54, 1.807) is 12.1 Å². The second kappa shape index (κ2) is 8.74. The molecule has 7 heteroatoms. The molecule has 4 aromatic rings. The molecular formula is C25H18BrF3N2O. The van der Waals surface area contributed by atoms with Gasteiger partial charge in [-0.05, 0) is 81.2 Å². The summed E-state index contributed by atoms with van der Waals surface area (Å²) in [7, 11) is 0. The van der Waals surface area contributed by atoms with Gasteiger partial charge in [0.15, 0.2) is 0 Å². The maximum atomic E-state index is 12.9. The Bertz CT molecular complexity index is 1290. The molecular weight excluding hydrogens is 481 g/mol. The van der Waals surface area contributed by atoms with E-state index in [1.807, 2.05) is 49.4 Å². The number of halogens is 4. The fourth-order valence-corrected chi connectivity index (χ4v) is 3.89. The van der Waals surface area contributed by atoms with E-state index in [9.17, 15) is 18.0 Å². The summed E-state index contributed by atoms with van der Waals surface area (Å²) in [6.45, 7) is 1.86. The van der Waals surface area contributed by atoms with Crippen LogP contribution in [0.25, 0.3) is 21.9 Å². The Morgan fingerprint density at radius 1 is 0.969 bits per heavy atom. The van der Waals surface area contributed by atoms with Crippen molar-refractivity contribution in [2.45, 2.75) is 19.1 Å². The fraction of sp³-hybridized carbons (Fsp3) is 0.120. The smallest absolute Gasteiger partial charge is 0.344 e. The Kier molecular flexibility index (Phi) is 6.02. The molecule has 162 valence electrons. The number of nitrogens with one attached hydrogen (secondary N) is 1. The predicted octanol–water partition coefficient (Wildman–Crippen LogP) is 7.17. The second-order valence-electron chi connectivity index (χ2n) is 7.40. The van der Waals surface area contributed by atoms with E-state index in [-0.39, 0.29) is 11.9 Å². The van der Waals surface area contributed by atoms with Crippen LogP contribution in [0.4, 0.5) is 13.2 Å². The quantitative estimate of drug-likeness (QED) is 0.303. The maximum Gasteiger partial charge on any atom is 0.416 e. The van der Waals surface area contributed by atoms with Gasteiger partial charge in [-0.1, -0.05) is 42.5 Å². The number of carbonyl (C=O) groups is 1. The number of amides is 1. The predicted molar refractivity (Wildman–Crippen MR) is 122 cm³/mol. The van der Waals surface area contributed by atoms with Gasteiger partial charge < -0.3 is 5.32 Å². The summed E-state index contributed by atoms with van der Waals surface area (Å²) in [5.74, 6) is -0.235. The number of fused-ring (bicyclic) bond motifs is 1. The number of nitrogens with zero attached hydrogens (tertiary/aromatic N) is 1. The van der Waals surface area contributed by atoms with Crippen molar-refractivity contribution < 1.29 is 18.0 Å². The third-order valence-corrected chi connectivity index (χ3v) is 5.64. The summed E-state index contributed by atoms with van der Waals surface area (Å²) >= 11 is 3.33. The summed E-state index contributed by atoms with van der Waals surface area (Å²) in [5, 5.41) is 4.62. The molecule has 0 spiro atoms. The molecule has 0 fully saturated rings. The maximum absolute atomic E-state index is 12.9. The molecule has 0 aliphatic rings. The lowest BCUT2D eigenvalue weighted by molar-refractivity contribution is -0.137. The van der Waals surface area contributed by atoms with Crippen molar-refractivity contribution in [3.63, 3.8) is 0 Å². The van der Waals surface area contributed by atoms with Crippen LogP contribution in [0.15, 0.2) is 83.5 Å². The van der Waals surface area contributed by atoms with E-state index < -0.39 is 11.7 Å². The molecule has 0 saturated carbocycles. The average Bonchev–Trinajstić information content (AvgIpc) is 2.77. The molecule has 3 nitrogen and oxygen atoms in total. The zero-order valence-corrected chi connectivity index (χ0v) is 18.5. The van der Waals surface area contributed by atoms with E-state index in [4.69, 9.17) is 0 Å². The van der Waals surface area contributed by atoms with E-state index >= 15 is 0 Å². The highest BCUT2D eigenvalue weighted by Gasteiger charge is 2.30. The molecule has 1 aromatic heterocycles. The van der Waals surface area contributed by atoms with Crippen molar-refractivity contribution in [1.29, 1.82) is 0 Å². The Morgan fingerprint density at radius 2 is 1.69 bits per heavy atom. The van der Waals surface area contributed by atoms with Crippen LogP contribution in [0, 0.1) is 0 Å². The SMILES string of the molecule is C[C@H](NC(=O)c1ccc2c(-c3ccc(C(F)(F)F)cc3)cccc2c1)c1cccc(Br)n1. The molecule has 0 bridgehead atoms. The second-order valence-corrected chi connectivity index (χ2v) is 8.21. The lowest BCUT2D eigenvalue weighted by atomic mass is 9.96. The molecule has 0 unspecified atom stereocenters. The number of hydrogen-bond donors (Lipinski definition) is 1. The number of carbonyl (C=O) groups excluding carboxylic acids is 1. The van der Waals surface area contributed by atoms with Crippen LogP contribution in [0.5, 0.6) is 0 Å². The van der Waals surface area contributed by atoms with Crippen LogP contribution in [0.1, 0.15) is 34.6 Å². The van der Waals surface area contributed by atoms with Gasteiger partial charge in [0, 0.05) is 5.56 Å². The molecule has 0 radical (unpaired) electrons. The molecule has 0 aliphatic heterocycles. The van der Waals surface area contributed by atoms with E-state index in [0.717, 1.165) is 34.2 Å². The monoisotopic (exact) mass is 498 g/mol. The minimum absolute atomic E-state index is 0.235. The average molecular weight is 499 g/mol. The van der Waals surface area contributed by atoms with Crippen molar-refractivity contribution >= 4 is 32.6 Å². The molecule has 1 N–H and O–H groups in total.